The third kappa shape index (κ3) is 4.03. The molecule has 28 heavy (non-hydrogen) atoms. The topological polar surface area (TPSA) is 35.2 Å². The van der Waals surface area contributed by atoms with Crippen LogP contribution in [0.3, 0.4) is 0 Å². The molecule has 6 heteroatoms. The van der Waals surface area contributed by atoms with Gasteiger partial charge < -0.3 is 4.74 Å². The van der Waals surface area contributed by atoms with Crippen molar-refractivity contribution < 1.29 is 4.74 Å². The van der Waals surface area contributed by atoms with E-state index >= 15 is 0 Å². The number of likely N-dealkylation sites (tertiary alicyclic amines) is 1. The summed E-state index contributed by atoms with van der Waals surface area (Å²) in [5.74, 6) is 1.72. The van der Waals surface area contributed by atoms with Gasteiger partial charge in [0.2, 0.25) is 4.77 Å². The quantitative estimate of drug-likeness (QED) is 0.556. The van der Waals surface area contributed by atoms with Crippen LogP contribution in [0.25, 0.3) is 17.1 Å². The van der Waals surface area contributed by atoms with E-state index in [-0.39, 0.29) is 0 Å². The molecule has 3 aromatic rings. The lowest BCUT2D eigenvalue weighted by molar-refractivity contribution is 0.172. The molecule has 4 rings (SSSR count). The fraction of sp³-hybridized carbons (Fsp3) is 0.364. The van der Waals surface area contributed by atoms with Gasteiger partial charge in [0.05, 0.1) is 13.3 Å². The van der Waals surface area contributed by atoms with Crippen molar-refractivity contribution >= 4 is 12.2 Å². The maximum Gasteiger partial charge on any atom is 0.204 e. The first-order valence-electron chi connectivity index (χ1n) is 9.97. The number of benzene rings is 2. The summed E-state index contributed by atoms with van der Waals surface area (Å²) in [7, 11) is 0. The molecule has 2 aromatic carbocycles. The van der Waals surface area contributed by atoms with Crippen LogP contribution >= 0.6 is 12.2 Å². The number of hydrogen-bond donors (Lipinski definition) is 0. The Labute approximate surface area is 171 Å². The number of nitrogens with zero attached hydrogens (tertiary/aromatic N) is 4. The number of piperidine rings is 1. The molecule has 0 aliphatic carbocycles. The Morgan fingerprint density at radius 2 is 1.68 bits per heavy atom. The van der Waals surface area contributed by atoms with E-state index in [0.29, 0.717) is 6.61 Å². The average molecular weight is 395 g/mol. The molecule has 1 saturated heterocycles. The van der Waals surface area contributed by atoms with Gasteiger partial charge in [-0.2, -0.15) is 0 Å². The minimum atomic E-state index is 0.657. The predicted octanol–water partition coefficient (Wildman–Crippen LogP) is 4.91. The van der Waals surface area contributed by atoms with Crippen molar-refractivity contribution in [1.82, 2.24) is 19.2 Å². The third-order valence-corrected chi connectivity index (χ3v) is 5.45. The number of rotatable bonds is 6. The minimum Gasteiger partial charge on any atom is -0.494 e. The second-order valence-electron chi connectivity index (χ2n) is 7.05. The molecule has 1 fully saturated rings. The summed E-state index contributed by atoms with van der Waals surface area (Å²) >= 11 is 5.84. The van der Waals surface area contributed by atoms with Crippen molar-refractivity contribution in [2.24, 2.45) is 0 Å². The molecule has 1 aliphatic rings. The normalized spacial score (nSPS) is 14.9. The van der Waals surface area contributed by atoms with Crippen molar-refractivity contribution in [1.29, 1.82) is 0 Å². The molecule has 0 saturated carbocycles. The van der Waals surface area contributed by atoms with Crippen LogP contribution in [0.15, 0.2) is 54.6 Å². The van der Waals surface area contributed by atoms with E-state index in [4.69, 9.17) is 22.1 Å². The maximum absolute atomic E-state index is 5.84. The Morgan fingerprint density at radius 3 is 2.36 bits per heavy atom. The zero-order chi connectivity index (χ0) is 19.3. The molecule has 0 amide bonds. The molecule has 0 N–H and O–H groups in total. The molecule has 0 unspecified atom stereocenters. The van der Waals surface area contributed by atoms with Crippen molar-refractivity contribution in [2.45, 2.75) is 32.9 Å². The molecule has 2 heterocycles. The fourth-order valence-corrected chi connectivity index (χ4v) is 3.94. The van der Waals surface area contributed by atoms with Crippen LogP contribution in [0.1, 0.15) is 26.2 Å². The first kappa shape index (κ1) is 18.9. The van der Waals surface area contributed by atoms with E-state index in [1.807, 2.05) is 54.1 Å². The largest absolute Gasteiger partial charge is 0.494 e. The predicted molar refractivity (Wildman–Crippen MR) is 114 cm³/mol. The van der Waals surface area contributed by atoms with E-state index in [1.54, 1.807) is 0 Å². The Hall–Kier alpha value is -2.44. The zero-order valence-electron chi connectivity index (χ0n) is 16.3. The van der Waals surface area contributed by atoms with Gasteiger partial charge in [-0.3, -0.25) is 9.47 Å². The zero-order valence-corrected chi connectivity index (χ0v) is 17.1. The molecule has 1 aromatic heterocycles. The summed E-state index contributed by atoms with van der Waals surface area (Å²) in [6, 6.07) is 18.3. The highest BCUT2D eigenvalue weighted by atomic mass is 32.1. The van der Waals surface area contributed by atoms with Crippen molar-refractivity contribution in [3.63, 3.8) is 0 Å². The molecule has 0 radical (unpaired) electrons. The van der Waals surface area contributed by atoms with Crippen molar-refractivity contribution in [3.8, 4) is 22.8 Å². The summed E-state index contributed by atoms with van der Waals surface area (Å²) in [4.78, 5) is 2.43. The van der Waals surface area contributed by atoms with Gasteiger partial charge in [-0.25, -0.2) is 4.68 Å². The van der Waals surface area contributed by atoms with Gasteiger partial charge in [0, 0.05) is 11.3 Å². The lowest BCUT2D eigenvalue weighted by Crippen LogP contribution is -2.32. The van der Waals surface area contributed by atoms with Gasteiger partial charge in [0.25, 0.3) is 0 Å². The minimum absolute atomic E-state index is 0.657. The van der Waals surface area contributed by atoms with Gasteiger partial charge in [-0.15, -0.1) is 5.10 Å². The summed E-state index contributed by atoms with van der Waals surface area (Å²) in [5, 5.41) is 4.92. The molecule has 0 spiro atoms. The van der Waals surface area contributed by atoms with Crippen LogP contribution in [-0.2, 0) is 6.67 Å². The van der Waals surface area contributed by atoms with E-state index < -0.39 is 0 Å². The standard InChI is InChI=1S/C22H26N4OS/c1-2-27-20-13-11-18(12-14-20)21-23-25(17-24-15-7-4-8-16-24)22(28)26(21)19-9-5-3-6-10-19/h3,5-6,9-14H,2,4,7-8,15-17H2,1H3. The van der Waals surface area contributed by atoms with Crippen LogP contribution < -0.4 is 4.74 Å². The smallest absolute Gasteiger partial charge is 0.204 e. The monoisotopic (exact) mass is 394 g/mol. The Kier molecular flexibility index (Phi) is 5.88. The molecule has 0 bridgehead atoms. The summed E-state index contributed by atoms with van der Waals surface area (Å²) in [6.07, 6.45) is 3.81. The molecular weight excluding hydrogens is 368 g/mol. The van der Waals surface area contributed by atoms with Crippen molar-refractivity contribution in [2.75, 3.05) is 19.7 Å². The highest BCUT2D eigenvalue weighted by Crippen LogP contribution is 2.25. The van der Waals surface area contributed by atoms with Crippen molar-refractivity contribution in [3.05, 3.63) is 59.4 Å². The first-order valence-corrected chi connectivity index (χ1v) is 10.4. The highest BCUT2D eigenvalue weighted by molar-refractivity contribution is 7.71. The summed E-state index contributed by atoms with van der Waals surface area (Å²) in [5.41, 5.74) is 2.05. The van der Waals surface area contributed by atoms with Crippen LogP contribution in [0.2, 0.25) is 0 Å². The fourth-order valence-electron chi connectivity index (χ4n) is 3.65. The third-order valence-electron chi connectivity index (χ3n) is 5.06. The van der Waals surface area contributed by atoms with Crippen LogP contribution in [-0.4, -0.2) is 38.9 Å². The molecule has 5 nitrogen and oxygen atoms in total. The van der Waals surface area contributed by atoms with Gasteiger partial charge in [0.15, 0.2) is 5.82 Å². The number of ether oxygens (including phenoxy) is 1. The summed E-state index contributed by atoms with van der Waals surface area (Å²) in [6.45, 7) is 5.60. The van der Waals surface area contributed by atoms with E-state index in [1.165, 1.54) is 19.3 Å². The number of para-hydroxylation sites is 1. The molecule has 0 atom stereocenters. The second-order valence-corrected chi connectivity index (χ2v) is 7.42. The lowest BCUT2D eigenvalue weighted by Gasteiger charge is -2.25. The van der Waals surface area contributed by atoms with Gasteiger partial charge in [0.1, 0.15) is 5.75 Å². The first-order chi connectivity index (χ1) is 13.8. The number of aromatic nitrogens is 3. The molecule has 146 valence electrons. The van der Waals surface area contributed by atoms with E-state index in [9.17, 15) is 0 Å². The van der Waals surface area contributed by atoms with Crippen LogP contribution in [0.5, 0.6) is 5.75 Å². The summed E-state index contributed by atoms with van der Waals surface area (Å²) < 4.78 is 10.3. The maximum atomic E-state index is 5.84. The molecular formula is C22H26N4OS. The Balaban J connectivity index is 1.75. The SMILES string of the molecule is CCOc1ccc(-c2nn(CN3CCCCC3)c(=S)n2-c2ccccc2)cc1. The van der Waals surface area contributed by atoms with Crippen LogP contribution in [0, 0.1) is 4.77 Å². The van der Waals surface area contributed by atoms with Gasteiger partial charge in [-0.05, 0) is 81.5 Å². The number of hydrogen-bond acceptors (Lipinski definition) is 4. The Bertz CT molecular complexity index is 956. The Morgan fingerprint density at radius 1 is 0.964 bits per heavy atom. The molecule has 1 aliphatic heterocycles. The lowest BCUT2D eigenvalue weighted by atomic mass is 10.1. The highest BCUT2D eigenvalue weighted by Gasteiger charge is 2.17. The average Bonchev–Trinajstić information content (AvgIpc) is 3.06. The van der Waals surface area contributed by atoms with Gasteiger partial charge in [-0.1, -0.05) is 24.6 Å². The van der Waals surface area contributed by atoms with E-state index in [2.05, 4.69) is 21.6 Å². The van der Waals surface area contributed by atoms with E-state index in [0.717, 1.165) is 47.4 Å². The second kappa shape index (κ2) is 8.71. The van der Waals surface area contributed by atoms with Gasteiger partial charge >= 0.3 is 0 Å². The van der Waals surface area contributed by atoms with Crippen LogP contribution in [0.4, 0.5) is 0 Å².